The lowest BCUT2D eigenvalue weighted by atomic mass is 10.0. The summed E-state index contributed by atoms with van der Waals surface area (Å²) in [5.41, 5.74) is 0.948. The molecule has 3 nitrogen and oxygen atoms in total. The van der Waals surface area contributed by atoms with E-state index >= 15 is 0 Å². The van der Waals surface area contributed by atoms with Crippen molar-refractivity contribution in [3.8, 4) is 0 Å². The predicted molar refractivity (Wildman–Crippen MR) is 46.4 cm³/mol. The van der Waals surface area contributed by atoms with E-state index in [4.69, 9.17) is 5.11 Å². The first kappa shape index (κ1) is 9.26. The molecule has 0 radical (unpaired) electrons. The maximum atomic E-state index is 11.1. The Morgan fingerprint density at radius 2 is 2.50 bits per heavy atom. The minimum absolute atomic E-state index is 0.0492. The van der Waals surface area contributed by atoms with Crippen molar-refractivity contribution in [1.82, 2.24) is 4.90 Å². The van der Waals surface area contributed by atoms with Gasteiger partial charge in [-0.2, -0.15) is 0 Å². The summed E-state index contributed by atoms with van der Waals surface area (Å²) < 4.78 is 0. The van der Waals surface area contributed by atoms with Crippen LogP contribution in [0.5, 0.6) is 0 Å². The lowest BCUT2D eigenvalue weighted by molar-refractivity contribution is -0.128. The van der Waals surface area contributed by atoms with E-state index in [1.54, 1.807) is 18.0 Å². The molecule has 0 aromatic carbocycles. The molecule has 0 aliphatic carbocycles. The molecule has 0 unspecified atom stereocenters. The molecule has 0 saturated heterocycles. The van der Waals surface area contributed by atoms with Gasteiger partial charge in [-0.05, 0) is 25.3 Å². The summed E-state index contributed by atoms with van der Waals surface area (Å²) in [5, 5.41) is 8.87. The van der Waals surface area contributed by atoms with Crippen LogP contribution in [-0.2, 0) is 4.79 Å². The van der Waals surface area contributed by atoms with Crippen molar-refractivity contribution >= 4 is 5.91 Å². The molecule has 0 fully saturated rings. The summed E-state index contributed by atoms with van der Waals surface area (Å²) in [6, 6.07) is 0.276. The smallest absolute Gasteiger partial charge is 0.223 e. The Hall–Kier alpha value is -0.830. The Balaban J connectivity index is 2.75. The van der Waals surface area contributed by atoms with Crippen LogP contribution in [0.3, 0.4) is 0 Å². The summed E-state index contributed by atoms with van der Waals surface area (Å²) in [5.74, 6) is 0.0492. The zero-order valence-corrected chi connectivity index (χ0v) is 7.58. The van der Waals surface area contributed by atoms with Gasteiger partial charge in [0.1, 0.15) is 0 Å². The first-order chi connectivity index (χ1) is 5.65. The van der Waals surface area contributed by atoms with Crippen LogP contribution < -0.4 is 0 Å². The van der Waals surface area contributed by atoms with E-state index in [1.807, 2.05) is 6.92 Å². The van der Waals surface area contributed by atoms with Crippen LogP contribution in [0.1, 0.15) is 26.7 Å². The first-order valence-corrected chi connectivity index (χ1v) is 4.24. The van der Waals surface area contributed by atoms with Gasteiger partial charge in [0, 0.05) is 19.2 Å². The molecule has 0 aromatic rings. The van der Waals surface area contributed by atoms with Gasteiger partial charge in [0.05, 0.1) is 6.61 Å². The molecule has 1 amide bonds. The number of hydrogen-bond donors (Lipinski definition) is 1. The van der Waals surface area contributed by atoms with Crippen molar-refractivity contribution in [2.75, 3.05) is 6.61 Å². The quantitative estimate of drug-likeness (QED) is 0.633. The fraction of sp³-hybridized carbons (Fsp3) is 0.667. The molecular weight excluding hydrogens is 154 g/mol. The van der Waals surface area contributed by atoms with Crippen molar-refractivity contribution in [2.24, 2.45) is 0 Å². The van der Waals surface area contributed by atoms with Crippen molar-refractivity contribution in [3.05, 3.63) is 11.8 Å². The van der Waals surface area contributed by atoms with E-state index in [0.717, 1.165) is 18.4 Å². The molecular formula is C9H15NO2. The Labute approximate surface area is 72.7 Å². The number of nitrogens with zero attached hydrogens (tertiary/aromatic N) is 1. The minimum atomic E-state index is 0.0492. The number of carbonyl (C=O) groups excluding carboxylic acids is 1. The lowest BCUT2D eigenvalue weighted by Crippen LogP contribution is -2.35. The molecule has 1 atom stereocenters. The third kappa shape index (κ3) is 1.85. The van der Waals surface area contributed by atoms with Crippen LogP contribution in [-0.4, -0.2) is 28.6 Å². The van der Waals surface area contributed by atoms with Gasteiger partial charge in [-0.1, -0.05) is 0 Å². The zero-order chi connectivity index (χ0) is 9.14. The summed E-state index contributed by atoms with van der Waals surface area (Å²) in [6.07, 6.45) is 3.63. The van der Waals surface area contributed by atoms with E-state index in [-0.39, 0.29) is 18.6 Å². The first-order valence-electron chi connectivity index (χ1n) is 4.24. The Morgan fingerprint density at radius 1 is 1.83 bits per heavy atom. The fourth-order valence-corrected chi connectivity index (χ4v) is 1.44. The van der Waals surface area contributed by atoms with Gasteiger partial charge in [-0.3, -0.25) is 4.79 Å². The van der Waals surface area contributed by atoms with E-state index in [9.17, 15) is 4.79 Å². The van der Waals surface area contributed by atoms with Crippen LogP contribution in [0.25, 0.3) is 0 Å². The van der Waals surface area contributed by atoms with Gasteiger partial charge >= 0.3 is 0 Å². The molecule has 3 heteroatoms. The summed E-state index contributed by atoms with van der Waals surface area (Å²) in [6.45, 7) is 3.63. The highest BCUT2D eigenvalue weighted by Gasteiger charge is 2.19. The summed E-state index contributed by atoms with van der Waals surface area (Å²) in [7, 11) is 0. The molecule has 0 aromatic heterocycles. The molecule has 1 N–H and O–H groups in total. The van der Waals surface area contributed by atoms with Crippen LogP contribution in [0.2, 0.25) is 0 Å². The number of aliphatic hydroxyl groups excluding tert-OH is 1. The van der Waals surface area contributed by atoms with Crippen LogP contribution in [0, 0.1) is 0 Å². The van der Waals surface area contributed by atoms with Gasteiger partial charge in [-0.15, -0.1) is 0 Å². The summed E-state index contributed by atoms with van der Waals surface area (Å²) >= 11 is 0. The van der Waals surface area contributed by atoms with Gasteiger partial charge in [-0.25, -0.2) is 0 Å². The summed E-state index contributed by atoms with van der Waals surface area (Å²) in [4.78, 5) is 12.8. The predicted octanol–water partition coefficient (Wildman–Crippen LogP) is 0.893. The molecule has 1 aliphatic heterocycles. The van der Waals surface area contributed by atoms with E-state index in [1.165, 1.54) is 0 Å². The highest BCUT2D eigenvalue weighted by Crippen LogP contribution is 2.19. The third-order valence-corrected chi connectivity index (χ3v) is 2.25. The Bertz CT molecular complexity index is 211. The number of hydrogen-bond acceptors (Lipinski definition) is 2. The molecule has 1 heterocycles. The monoisotopic (exact) mass is 169 g/mol. The standard InChI is InChI=1S/C9H15NO2/c1-7-3-4-9(6-11)5-10(7)8(2)12/h5,7,11H,3-4,6H2,1-2H3/t7-/m1/s1. The SMILES string of the molecule is CC(=O)N1C=C(CO)CC[C@H]1C. The second kappa shape index (κ2) is 3.72. The second-order valence-electron chi connectivity index (χ2n) is 3.26. The van der Waals surface area contributed by atoms with Crippen LogP contribution in [0.4, 0.5) is 0 Å². The van der Waals surface area contributed by atoms with Gasteiger partial charge in [0.25, 0.3) is 0 Å². The van der Waals surface area contributed by atoms with Crippen molar-refractivity contribution in [3.63, 3.8) is 0 Å². The number of carbonyl (C=O) groups is 1. The van der Waals surface area contributed by atoms with Crippen LogP contribution in [0.15, 0.2) is 11.8 Å². The Morgan fingerprint density at radius 3 is 3.00 bits per heavy atom. The zero-order valence-electron chi connectivity index (χ0n) is 7.58. The average Bonchev–Trinajstić information content (AvgIpc) is 2.05. The second-order valence-corrected chi connectivity index (χ2v) is 3.26. The molecule has 0 saturated carbocycles. The molecule has 12 heavy (non-hydrogen) atoms. The van der Waals surface area contributed by atoms with Crippen molar-refractivity contribution < 1.29 is 9.90 Å². The molecule has 1 aliphatic rings. The number of aliphatic hydroxyl groups is 1. The maximum absolute atomic E-state index is 11.1. The highest BCUT2D eigenvalue weighted by atomic mass is 16.3. The van der Waals surface area contributed by atoms with E-state index in [2.05, 4.69) is 0 Å². The molecule has 0 spiro atoms. The molecule has 68 valence electrons. The minimum Gasteiger partial charge on any atom is -0.392 e. The number of amides is 1. The van der Waals surface area contributed by atoms with Gasteiger partial charge in [0.2, 0.25) is 5.91 Å². The maximum Gasteiger partial charge on any atom is 0.223 e. The van der Waals surface area contributed by atoms with Gasteiger partial charge < -0.3 is 10.0 Å². The van der Waals surface area contributed by atoms with E-state index < -0.39 is 0 Å². The largest absolute Gasteiger partial charge is 0.392 e. The fourth-order valence-electron chi connectivity index (χ4n) is 1.44. The third-order valence-electron chi connectivity index (χ3n) is 2.25. The highest BCUT2D eigenvalue weighted by molar-refractivity contribution is 5.75. The normalized spacial score (nSPS) is 23.8. The van der Waals surface area contributed by atoms with Gasteiger partial charge in [0.15, 0.2) is 0 Å². The Kier molecular flexibility index (Phi) is 2.87. The van der Waals surface area contributed by atoms with Crippen molar-refractivity contribution in [2.45, 2.75) is 32.7 Å². The molecule has 1 rings (SSSR count). The van der Waals surface area contributed by atoms with E-state index in [0.29, 0.717) is 0 Å². The lowest BCUT2D eigenvalue weighted by Gasteiger charge is -2.30. The molecule has 0 bridgehead atoms. The van der Waals surface area contributed by atoms with Crippen molar-refractivity contribution in [1.29, 1.82) is 0 Å². The van der Waals surface area contributed by atoms with Crippen LogP contribution >= 0.6 is 0 Å². The topological polar surface area (TPSA) is 40.5 Å². The number of rotatable bonds is 1. The average molecular weight is 169 g/mol.